The molecule has 20 heavy (non-hydrogen) atoms. The number of hydrogen-bond acceptors (Lipinski definition) is 2. The fourth-order valence-corrected chi connectivity index (χ4v) is 3.04. The number of hydrogen-bond donors (Lipinski definition) is 1. The fourth-order valence-electron chi connectivity index (χ4n) is 2.74. The minimum atomic E-state index is 0.853. The van der Waals surface area contributed by atoms with Crippen molar-refractivity contribution in [2.45, 2.75) is 27.2 Å². The summed E-state index contributed by atoms with van der Waals surface area (Å²) in [5, 5.41) is 4.23. The molecule has 110 valence electrons. The number of aryl methyl sites for hydroxylation is 2. The Morgan fingerprint density at radius 2 is 1.70 bits per heavy atom. The SMILES string of the molecule is CCCN1CCN(C(=S)Nc2cc(C)cc(C)c2)CC1. The number of rotatable bonds is 3. The Kier molecular flexibility index (Phi) is 5.38. The van der Waals surface area contributed by atoms with E-state index >= 15 is 0 Å². The molecular formula is C16H25N3S. The van der Waals surface area contributed by atoms with Crippen molar-refractivity contribution < 1.29 is 0 Å². The van der Waals surface area contributed by atoms with Gasteiger partial charge in [0.05, 0.1) is 0 Å². The van der Waals surface area contributed by atoms with E-state index in [1.54, 1.807) is 0 Å². The lowest BCUT2D eigenvalue weighted by Gasteiger charge is -2.36. The lowest BCUT2D eigenvalue weighted by Crippen LogP contribution is -2.49. The van der Waals surface area contributed by atoms with E-state index in [9.17, 15) is 0 Å². The maximum absolute atomic E-state index is 5.54. The van der Waals surface area contributed by atoms with Crippen molar-refractivity contribution in [3.8, 4) is 0 Å². The summed E-state index contributed by atoms with van der Waals surface area (Å²) < 4.78 is 0. The van der Waals surface area contributed by atoms with Crippen LogP contribution < -0.4 is 5.32 Å². The molecule has 4 heteroatoms. The highest BCUT2D eigenvalue weighted by Crippen LogP contribution is 2.15. The molecule has 0 unspecified atom stereocenters. The highest BCUT2D eigenvalue weighted by atomic mass is 32.1. The van der Waals surface area contributed by atoms with Crippen LogP contribution in [0, 0.1) is 13.8 Å². The summed E-state index contributed by atoms with van der Waals surface area (Å²) in [4.78, 5) is 4.79. The predicted molar refractivity (Wildman–Crippen MR) is 90.4 cm³/mol. The van der Waals surface area contributed by atoms with Crippen molar-refractivity contribution in [2.75, 3.05) is 38.0 Å². The first-order chi connectivity index (χ1) is 9.58. The van der Waals surface area contributed by atoms with Crippen LogP contribution >= 0.6 is 12.2 Å². The third kappa shape index (κ3) is 4.18. The Hall–Kier alpha value is -1.13. The van der Waals surface area contributed by atoms with Gasteiger partial charge in [-0.05, 0) is 62.3 Å². The molecule has 0 bridgehead atoms. The van der Waals surface area contributed by atoms with E-state index in [0.717, 1.165) is 37.0 Å². The van der Waals surface area contributed by atoms with Crippen molar-refractivity contribution in [2.24, 2.45) is 0 Å². The minimum Gasteiger partial charge on any atom is -0.346 e. The third-order valence-electron chi connectivity index (χ3n) is 3.67. The molecule has 0 amide bonds. The van der Waals surface area contributed by atoms with Gasteiger partial charge in [-0.1, -0.05) is 13.0 Å². The van der Waals surface area contributed by atoms with Gasteiger partial charge in [-0.3, -0.25) is 4.90 Å². The Morgan fingerprint density at radius 3 is 2.25 bits per heavy atom. The molecule has 0 atom stereocenters. The maximum atomic E-state index is 5.54. The third-order valence-corrected chi connectivity index (χ3v) is 4.03. The highest BCUT2D eigenvalue weighted by molar-refractivity contribution is 7.80. The highest BCUT2D eigenvalue weighted by Gasteiger charge is 2.18. The second-order valence-electron chi connectivity index (χ2n) is 5.64. The monoisotopic (exact) mass is 291 g/mol. The molecule has 0 spiro atoms. The first-order valence-electron chi connectivity index (χ1n) is 7.45. The first kappa shape index (κ1) is 15.3. The number of nitrogens with one attached hydrogen (secondary N) is 1. The van der Waals surface area contributed by atoms with E-state index < -0.39 is 0 Å². The van der Waals surface area contributed by atoms with E-state index in [1.807, 2.05) is 0 Å². The van der Waals surface area contributed by atoms with Crippen LogP contribution in [0.3, 0.4) is 0 Å². The van der Waals surface area contributed by atoms with Crippen LogP contribution in [0.2, 0.25) is 0 Å². The predicted octanol–water partition coefficient (Wildman–Crippen LogP) is 3.03. The molecule has 2 rings (SSSR count). The van der Waals surface area contributed by atoms with E-state index in [2.05, 4.69) is 54.1 Å². The molecule has 1 fully saturated rings. The summed E-state index contributed by atoms with van der Waals surface area (Å²) in [6.45, 7) is 11.9. The summed E-state index contributed by atoms with van der Waals surface area (Å²) >= 11 is 5.54. The number of thiocarbonyl (C=S) groups is 1. The molecule has 3 nitrogen and oxygen atoms in total. The van der Waals surface area contributed by atoms with Crippen molar-refractivity contribution in [3.05, 3.63) is 29.3 Å². The van der Waals surface area contributed by atoms with Crippen LogP contribution in [0.5, 0.6) is 0 Å². The number of benzene rings is 1. The van der Waals surface area contributed by atoms with Gasteiger partial charge in [-0.25, -0.2) is 0 Å². The van der Waals surface area contributed by atoms with Crippen LogP contribution in [0.15, 0.2) is 18.2 Å². The zero-order valence-corrected chi connectivity index (χ0v) is 13.6. The Labute approximate surface area is 128 Å². The average Bonchev–Trinajstić information content (AvgIpc) is 2.38. The Bertz CT molecular complexity index is 445. The van der Waals surface area contributed by atoms with Gasteiger partial charge in [0.1, 0.15) is 0 Å². The molecule has 1 aliphatic rings. The van der Waals surface area contributed by atoms with Crippen LogP contribution in [0.4, 0.5) is 5.69 Å². The maximum Gasteiger partial charge on any atom is 0.173 e. The smallest absolute Gasteiger partial charge is 0.173 e. The molecule has 1 aromatic carbocycles. The summed E-state index contributed by atoms with van der Waals surface area (Å²) in [6, 6.07) is 6.47. The second kappa shape index (κ2) is 7.04. The average molecular weight is 291 g/mol. The number of piperazine rings is 1. The largest absolute Gasteiger partial charge is 0.346 e. The van der Waals surface area contributed by atoms with E-state index in [1.165, 1.54) is 24.1 Å². The zero-order chi connectivity index (χ0) is 14.5. The minimum absolute atomic E-state index is 0.853. The molecule has 1 heterocycles. The molecule has 1 aliphatic heterocycles. The standard InChI is InChI=1S/C16H25N3S/c1-4-5-18-6-8-19(9-7-18)16(20)17-15-11-13(2)10-14(3)12-15/h10-12H,4-9H2,1-3H3,(H,17,20). The van der Waals surface area contributed by atoms with Gasteiger partial charge in [0.2, 0.25) is 0 Å². The molecular weight excluding hydrogens is 266 g/mol. The van der Waals surface area contributed by atoms with E-state index in [0.29, 0.717) is 0 Å². The molecule has 0 radical (unpaired) electrons. The van der Waals surface area contributed by atoms with Crippen LogP contribution in [-0.2, 0) is 0 Å². The summed E-state index contributed by atoms with van der Waals surface area (Å²) in [5.41, 5.74) is 3.63. The lowest BCUT2D eigenvalue weighted by molar-refractivity contribution is 0.184. The molecule has 0 aliphatic carbocycles. The Morgan fingerprint density at radius 1 is 1.10 bits per heavy atom. The van der Waals surface area contributed by atoms with Gasteiger partial charge in [0.25, 0.3) is 0 Å². The van der Waals surface area contributed by atoms with Gasteiger partial charge >= 0.3 is 0 Å². The zero-order valence-electron chi connectivity index (χ0n) is 12.8. The van der Waals surface area contributed by atoms with Gasteiger partial charge in [-0.2, -0.15) is 0 Å². The van der Waals surface area contributed by atoms with Crippen molar-refractivity contribution >= 4 is 23.0 Å². The number of anilines is 1. The van der Waals surface area contributed by atoms with Gasteiger partial charge in [0, 0.05) is 31.9 Å². The first-order valence-corrected chi connectivity index (χ1v) is 7.86. The van der Waals surface area contributed by atoms with Gasteiger partial charge < -0.3 is 10.2 Å². The van der Waals surface area contributed by atoms with Crippen molar-refractivity contribution in [1.29, 1.82) is 0 Å². The Balaban J connectivity index is 1.89. The molecule has 0 saturated carbocycles. The molecule has 1 aromatic rings. The van der Waals surface area contributed by atoms with Crippen LogP contribution in [-0.4, -0.2) is 47.6 Å². The topological polar surface area (TPSA) is 18.5 Å². The summed E-state index contributed by atoms with van der Waals surface area (Å²) in [5.74, 6) is 0. The summed E-state index contributed by atoms with van der Waals surface area (Å²) in [7, 11) is 0. The summed E-state index contributed by atoms with van der Waals surface area (Å²) in [6.07, 6.45) is 1.23. The lowest BCUT2D eigenvalue weighted by atomic mass is 10.1. The molecule has 0 aromatic heterocycles. The van der Waals surface area contributed by atoms with Crippen molar-refractivity contribution in [3.63, 3.8) is 0 Å². The molecule has 1 saturated heterocycles. The normalized spacial score (nSPS) is 16.2. The van der Waals surface area contributed by atoms with Gasteiger partial charge in [0.15, 0.2) is 5.11 Å². The molecule has 1 N–H and O–H groups in total. The second-order valence-corrected chi connectivity index (χ2v) is 6.02. The van der Waals surface area contributed by atoms with Crippen LogP contribution in [0.1, 0.15) is 24.5 Å². The van der Waals surface area contributed by atoms with E-state index in [4.69, 9.17) is 12.2 Å². The van der Waals surface area contributed by atoms with Crippen LogP contribution in [0.25, 0.3) is 0 Å². The van der Waals surface area contributed by atoms with Gasteiger partial charge in [-0.15, -0.1) is 0 Å². The van der Waals surface area contributed by atoms with Crippen molar-refractivity contribution in [1.82, 2.24) is 9.80 Å². The van der Waals surface area contributed by atoms with E-state index in [-0.39, 0.29) is 0 Å². The fraction of sp³-hybridized carbons (Fsp3) is 0.562. The number of nitrogens with zero attached hydrogens (tertiary/aromatic N) is 2. The quantitative estimate of drug-likeness (QED) is 0.863.